The summed E-state index contributed by atoms with van der Waals surface area (Å²) in [6, 6.07) is 3.93. The fraction of sp³-hybridized carbons (Fsp3) is 0.417. The first-order valence-electron chi connectivity index (χ1n) is 5.27. The van der Waals surface area contributed by atoms with Crippen molar-refractivity contribution in [3.05, 3.63) is 30.2 Å². The van der Waals surface area contributed by atoms with Crippen LogP contribution >= 0.6 is 0 Å². The minimum atomic E-state index is -0.405. The summed E-state index contributed by atoms with van der Waals surface area (Å²) in [5, 5.41) is 11.0. The standard InChI is InChI=1S/C12H16N2O/c1-8(2)5-12(15)10-6-9-3-4-13-7-11(9)14-10/h3-4,6-8,12,14-15H,5H2,1-2H3. The second kappa shape index (κ2) is 4.03. The van der Waals surface area contributed by atoms with E-state index in [-0.39, 0.29) is 0 Å². The Hall–Kier alpha value is -1.35. The van der Waals surface area contributed by atoms with Gasteiger partial charge in [-0.15, -0.1) is 0 Å². The van der Waals surface area contributed by atoms with E-state index in [0.717, 1.165) is 23.0 Å². The molecule has 3 heteroatoms. The Kier molecular flexibility index (Phi) is 2.73. The molecule has 3 nitrogen and oxygen atoms in total. The third-order valence-electron chi connectivity index (χ3n) is 2.50. The quantitative estimate of drug-likeness (QED) is 0.807. The van der Waals surface area contributed by atoms with Crippen LogP contribution in [0.2, 0.25) is 0 Å². The number of aliphatic hydroxyl groups excluding tert-OH is 1. The summed E-state index contributed by atoms with van der Waals surface area (Å²) in [4.78, 5) is 7.22. The van der Waals surface area contributed by atoms with Gasteiger partial charge in [0.25, 0.3) is 0 Å². The van der Waals surface area contributed by atoms with Crippen molar-refractivity contribution in [2.75, 3.05) is 0 Å². The summed E-state index contributed by atoms with van der Waals surface area (Å²) in [6.07, 6.45) is 3.91. The maximum atomic E-state index is 9.94. The molecular formula is C12H16N2O. The molecule has 2 aromatic heterocycles. The Balaban J connectivity index is 2.28. The number of nitrogens with one attached hydrogen (secondary N) is 1. The number of H-pyrrole nitrogens is 1. The lowest BCUT2D eigenvalue weighted by atomic mass is 10.0. The number of hydrogen-bond donors (Lipinski definition) is 2. The molecule has 15 heavy (non-hydrogen) atoms. The van der Waals surface area contributed by atoms with Crippen molar-refractivity contribution in [3.8, 4) is 0 Å². The zero-order valence-corrected chi connectivity index (χ0v) is 9.07. The number of pyridine rings is 1. The van der Waals surface area contributed by atoms with Gasteiger partial charge in [-0.1, -0.05) is 13.8 Å². The highest BCUT2D eigenvalue weighted by molar-refractivity contribution is 5.79. The summed E-state index contributed by atoms with van der Waals surface area (Å²) >= 11 is 0. The second-order valence-corrected chi connectivity index (χ2v) is 4.33. The molecule has 0 aromatic carbocycles. The third-order valence-corrected chi connectivity index (χ3v) is 2.50. The number of aromatic amines is 1. The van der Waals surface area contributed by atoms with Crippen molar-refractivity contribution in [1.29, 1.82) is 0 Å². The molecule has 0 aliphatic rings. The molecule has 2 heterocycles. The van der Waals surface area contributed by atoms with Crippen LogP contribution in [0.5, 0.6) is 0 Å². The molecule has 2 rings (SSSR count). The van der Waals surface area contributed by atoms with E-state index in [9.17, 15) is 5.11 Å². The molecule has 0 amide bonds. The van der Waals surface area contributed by atoms with Crippen molar-refractivity contribution in [1.82, 2.24) is 9.97 Å². The molecule has 0 bridgehead atoms. The van der Waals surface area contributed by atoms with E-state index in [0.29, 0.717) is 5.92 Å². The van der Waals surface area contributed by atoms with E-state index < -0.39 is 6.10 Å². The minimum absolute atomic E-state index is 0.405. The van der Waals surface area contributed by atoms with Crippen molar-refractivity contribution in [2.45, 2.75) is 26.4 Å². The molecule has 0 aliphatic heterocycles. The fourth-order valence-electron chi connectivity index (χ4n) is 1.75. The van der Waals surface area contributed by atoms with Crippen LogP contribution in [-0.4, -0.2) is 15.1 Å². The van der Waals surface area contributed by atoms with Gasteiger partial charge in [0.15, 0.2) is 0 Å². The number of hydrogen-bond acceptors (Lipinski definition) is 2. The summed E-state index contributed by atoms with van der Waals surface area (Å²) in [7, 11) is 0. The third kappa shape index (κ3) is 2.18. The summed E-state index contributed by atoms with van der Waals surface area (Å²) in [6.45, 7) is 4.21. The lowest BCUT2D eigenvalue weighted by molar-refractivity contribution is 0.147. The predicted octanol–water partition coefficient (Wildman–Crippen LogP) is 2.64. The smallest absolute Gasteiger partial charge is 0.0940 e. The van der Waals surface area contributed by atoms with Crippen LogP contribution in [-0.2, 0) is 0 Å². The summed E-state index contributed by atoms with van der Waals surface area (Å²) < 4.78 is 0. The van der Waals surface area contributed by atoms with Crippen molar-refractivity contribution in [2.24, 2.45) is 5.92 Å². The molecule has 1 unspecified atom stereocenters. The van der Waals surface area contributed by atoms with Crippen LogP contribution in [0.15, 0.2) is 24.5 Å². The van der Waals surface area contributed by atoms with Crippen LogP contribution in [0.1, 0.15) is 32.1 Å². The molecule has 80 valence electrons. The zero-order chi connectivity index (χ0) is 10.8. The van der Waals surface area contributed by atoms with Gasteiger partial charge in [-0.2, -0.15) is 0 Å². The molecule has 0 fully saturated rings. The summed E-state index contributed by atoms with van der Waals surface area (Å²) in [5.74, 6) is 0.490. The minimum Gasteiger partial charge on any atom is -0.387 e. The molecular weight excluding hydrogens is 188 g/mol. The van der Waals surface area contributed by atoms with Crippen molar-refractivity contribution >= 4 is 10.9 Å². The number of rotatable bonds is 3. The SMILES string of the molecule is CC(C)CC(O)c1cc2ccncc2[nH]1. The highest BCUT2D eigenvalue weighted by Crippen LogP contribution is 2.23. The second-order valence-electron chi connectivity index (χ2n) is 4.33. The topological polar surface area (TPSA) is 48.9 Å². The fourth-order valence-corrected chi connectivity index (χ4v) is 1.75. The van der Waals surface area contributed by atoms with E-state index in [4.69, 9.17) is 0 Å². The van der Waals surface area contributed by atoms with Crippen LogP contribution in [0, 0.1) is 5.92 Å². The first-order chi connectivity index (χ1) is 7.16. The van der Waals surface area contributed by atoms with Gasteiger partial charge < -0.3 is 10.1 Å². The van der Waals surface area contributed by atoms with Crippen molar-refractivity contribution < 1.29 is 5.11 Å². The van der Waals surface area contributed by atoms with Gasteiger partial charge in [0, 0.05) is 17.3 Å². The Morgan fingerprint density at radius 1 is 1.47 bits per heavy atom. The number of nitrogens with zero attached hydrogens (tertiary/aromatic N) is 1. The van der Waals surface area contributed by atoms with E-state index in [1.165, 1.54) is 0 Å². The van der Waals surface area contributed by atoms with Gasteiger partial charge in [-0.25, -0.2) is 0 Å². The van der Waals surface area contributed by atoms with Gasteiger partial charge in [0.05, 0.1) is 17.8 Å². The maximum absolute atomic E-state index is 9.94. The molecule has 1 atom stereocenters. The first-order valence-corrected chi connectivity index (χ1v) is 5.27. The molecule has 2 N–H and O–H groups in total. The largest absolute Gasteiger partial charge is 0.387 e. The number of aliphatic hydroxyl groups is 1. The molecule has 2 aromatic rings. The molecule has 0 radical (unpaired) electrons. The summed E-state index contributed by atoms with van der Waals surface area (Å²) in [5.41, 5.74) is 1.86. The maximum Gasteiger partial charge on any atom is 0.0940 e. The van der Waals surface area contributed by atoms with Crippen LogP contribution in [0.25, 0.3) is 10.9 Å². The predicted molar refractivity (Wildman–Crippen MR) is 60.5 cm³/mol. The van der Waals surface area contributed by atoms with E-state index in [1.54, 1.807) is 12.4 Å². The molecule has 0 saturated heterocycles. The van der Waals surface area contributed by atoms with Gasteiger partial charge in [-0.05, 0) is 24.5 Å². The highest BCUT2D eigenvalue weighted by Gasteiger charge is 2.12. The molecule has 0 saturated carbocycles. The Bertz CT molecular complexity index is 415. The van der Waals surface area contributed by atoms with Crippen molar-refractivity contribution in [3.63, 3.8) is 0 Å². The first kappa shape index (κ1) is 10.2. The Morgan fingerprint density at radius 3 is 2.93 bits per heavy atom. The lowest BCUT2D eigenvalue weighted by Crippen LogP contribution is -2.01. The lowest BCUT2D eigenvalue weighted by Gasteiger charge is -2.10. The van der Waals surface area contributed by atoms with E-state index in [2.05, 4.69) is 23.8 Å². The normalized spacial score (nSPS) is 13.6. The van der Waals surface area contributed by atoms with E-state index in [1.807, 2.05) is 12.1 Å². The van der Waals surface area contributed by atoms with Gasteiger partial charge >= 0.3 is 0 Å². The van der Waals surface area contributed by atoms with Gasteiger partial charge in [-0.3, -0.25) is 4.98 Å². The van der Waals surface area contributed by atoms with Crippen LogP contribution in [0.4, 0.5) is 0 Å². The highest BCUT2D eigenvalue weighted by atomic mass is 16.3. The average molecular weight is 204 g/mol. The Morgan fingerprint density at radius 2 is 2.27 bits per heavy atom. The van der Waals surface area contributed by atoms with Crippen LogP contribution < -0.4 is 0 Å². The van der Waals surface area contributed by atoms with Gasteiger partial charge in [0.2, 0.25) is 0 Å². The van der Waals surface area contributed by atoms with Crippen LogP contribution in [0.3, 0.4) is 0 Å². The van der Waals surface area contributed by atoms with Gasteiger partial charge in [0.1, 0.15) is 0 Å². The molecule has 0 aliphatic carbocycles. The number of aromatic nitrogens is 2. The molecule has 0 spiro atoms. The van der Waals surface area contributed by atoms with E-state index >= 15 is 0 Å². The average Bonchev–Trinajstić information content (AvgIpc) is 2.59. The zero-order valence-electron chi connectivity index (χ0n) is 9.07. The Labute approximate surface area is 89.2 Å². The monoisotopic (exact) mass is 204 g/mol. The number of fused-ring (bicyclic) bond motifs is 1.